The van der Waals surface area contributed by atoms with E-state index >= 15 is 0 Å². The number of hydrogen-bond acceptors (Lipinski definition) is 6. The Bertz CT molecular complexity index is 1670. The third kappa shape index (κ3) is 11.9. The molecule has 4 rings (SSSR count). The van der Waals surface area contributed by atoms with E-state index in [1.54, 1.807) is 20.8 Å². The van der Waals surface area contributed by atoms with Crippen LogP contribution in [0.5, 0.6) is 0 Å². The van der Waals surface area contributed by atoms with Crippen molar-refractivity contribution in [3.63, 3.8) is 0 Å². The van der Waals surface area contributed by atoms with Crippen LogP contribution in [0.15, 0.2) is 91.0 Å². The summed E-state index contributed by atoms with van der Waals surface area (Å²) in [4.78, 5) is 48.3. The minimum absolute atomic E-state index is 0.0338. The van der Waals surface area contributed by atoms with Crippen molar-refractivity contribution >= 4 is 35.0 Å². The summed E-state index contributed by atoms with van der Waals surface area (Å²) in [5, 5.41) is 20.4. The van der Waals surface area contributed by atoms with Gasteiger partial charge in [-0.05, 0) is 69.2 Å². The van der Waals surface area contributed by atoms with Gasteiger partial charge in [-0.3, -0.25) is 9.59 Å². The van der Waals surface area contributed by atoms with Crippen molar-refractivity contribution < 1.29 is 24.2 Å². The number of nitrogens with zero attached hydrogens (tertiary/aromatic N) is 1. The molecule has 50 heavy (non-hydrogen) atoms. The zero-order valence-electron chi connectivity index (χ0n) is 29.7. The Morgan fingerprint density at radius 3 is 2.24 bits per heavy atom. The third-order valence-corrected chi connectivity index (χ3v) is 8.55. The average molecular weight is 682 g/mol. The molecule has 0 saturated heterocycles. The summed E-state index contributed by atoms with van der Waals surface area (Å²) in [5.41, 5.74) is 2.84. The van der Waals surface area contributed by atoms with Gasteiger partial charge in [0.2, 0.25) is 11.8 Å². The number of carbonyl (C=O) groups excluding carboxylic acids is 3. The fourth-order valence-corrected chi connectivity index (χ4v) is 5.65. The van der Waals surface area contributed by atoms with Gasteiger partial charge in [0.15, 0.2) is 0 Å². The molecule has 1 aromatic heterocycles. The molecule has 0 aliphatic rings. The Morgan fingerprint density at radius 2 is 1.58 bits per heavy atom. The summed E-state index contributed by atoms with van der Waals surface area (Å²) < 4.78 is 5.51. The molecule has 3 amide bonds. The first-order valence-electron chi connectivity index (χ1n) is 17.4. The summed E-state index contributed by atoms with van der Waals surface area (Å²) >= 11 is 0. The third-order valence-electron chi connectivity index (χ3n) is 8.55. The Balaban J connectivity index is 1.53. The van der Waals surface area contributed by atoms with Gasteiger partial charge in [-0.1, -0.05) is 105 Å². The van der Waals surface area contributed by atoms with Crippen LogP contribution in [0.25, 0.3) is 17.1 Å². The van der Waals surface area contributed by atoms with Gasteiger partial charge >= 0.3 is 6.09 Å². The maximum Gasteiger partial charge on any atom is 0.407 e. The average Bonchev–Trinajstić information content (AvgIpc) is 3.51. The molecule has 1 heterocycles. The Morgan fingerprint density at radius 1 is 0.920 bits per heavy atom. The number of carbonyl (C=O) groups is 3. The first-order chi connectivity index (χ1) is 23.9. The molecule has 10 nitrogen and oxygen atoms in total. The molecule has 0 radical (unpaired) electrons. The lowest BCUT2D eigenvalue weighted by atomic mass is 9.89. The molecule has 0 bridgehead atoms. The van der Waals surface area contributed by atoms with Crippen molar-refractivity contribution in [2.45, 2.75) is 90.6 Å². The van der Waals surface area contributed by atoms with Gasteiger partial charge in [0.25, 0.3) is 0 Å². The van der Waals surface area contributed by atoms with Crippen molar-refractivity contribution in [1.29, 1.82) is 0 Å². The number of alkyl carbamates (subject to hydrolysis) is 1. The number of benzene rings is 3. The number of hydrogen-bond donors (Lipinski definition) is 5. The van der Waals surface area contributed by atoms with Crippen LogP contribution >= 0.6 is 0 Å². The van der Waals surface area contributed by atoms with Crippen molar-refractivity contribution in [3.05, 3.63) is 108 Å². The molecule has 0 spiro atoms. The molecular formula is C40H51N5O5. The smallest absolute Gasteiger partial charge is 0.407 e. The number of fused-ring (bicyclic) bond motifs is 1. The Kier molecular flexibility index (Phi) is 13.7. The Labute approximate surface area is 295 Å². The van der Waals surface area contributed by atoms with Gasteiger partial charge in [0.05, 0.1) is 29.7 Å². The lowest BCUT2D eigenvalue weighted by molar-refractivity contribution is -0.133. The second-order valence-electron chi connectivity index (χ2n) is 13.8. The van der Waals surface area contributed by atoms with E-state index in [1.807, 2.05) is 111 Å². The number of imidazole rings is 1. The number of amides is 3. The van der Waals surface area contributed by atoms with Gasteiger partial charge in [0, 0.05) is 5.92 Å². The normalized spacial score (nSPS) is 14.8. The zero-order chi connectivity index (χ0) is 36.1. The van der Waals surface area contributed by atoms with Gasteiger partial charge in [0.1, 0.15) is 17.5 Å². The molecule has 10 heteroatoms. The van der Waals surface area contributed by atoms with E-state index in [9.17, 15) is 19.5 Å². The molecule has 0 aliphatic heterocycles. The van der Waals surface area contributed by atoms with Gasteiger partial charge < -0.3 is 30.8 Å². The largest absolute Gasteiger partial charge is 0.444 e. The van der Waals surface area contributed by atoms with E-state index in [-0.39, 0.29) is 30.7 Å². The monoisotopic (exact) mass is 681 g/mol. The highest BCUT2D eigenvalue weighted by atomic mass is 16.6. The number of para-hydroxylation sites is 2. The second-order valence-corrected chi connectivity index (χ2v) is 13.8. The minimum Gasteiger partial charge on any atom is -0.444 e. The van der Waals surface area contributed by atoms with E-state index in [0.29, 0.717) is 25.1 Å². The molecule has 4 aromatic rings. The van der Waals surface area contributed by atoms with E-state index < -0.39 is 35.8 Å². The summed E-state index contributed by atoms with van der Waals surface area (Å²) in [5.74, 6) is -0.941. The van der Waals surface area contributed by atoms with Crippen molar-refractivity contribution in [2.24, 2.45) is 11.8 Å². The number of H-pyrrole nitrogens is 1. The number of aliphatic hydroxyl groups excluding tert-OH is 1. The maximum atomic E-state index is 14.1. The molecule has 266 valence electrons. The molecule has 0 saturated carbocycles. The number of allylic oxidation sites excluding steroid dienone is 1. The first-order valence-corrected chi connectivity index (χ1v) is 17.4. The quantitative estimate of drug-likeness (QED) is 0.0937. The second kappa shape index (κ2) is 18.2. The van der Waals surface area contributed by atoms with E-state index in [1.165, 1.54) is 0 Å². The highest BCUT2D eigenvalue weighted by Gasteiger charge is 2.32. The van der Waals surface area contributed by atoms with Gasteiger partial charge in [-0.2, -0.15) is 0 Å². The highest BCUT2D eigenvalue weighted by Crippen LogP contribution is 2.21. The van der Waals surface area contributed by atoms with Crippen LogP contribution in [0.2, 0.25) is 0 Å². The van der Waals surface area contributed by atoms with Crippen LogP contribution in [0.1, 0.15) is 70.8 Å². The lowest BCUT2D eigenvalue weighted by Gasteiger charge is -2.30. The number of ether oxygens (including phenoxy) is 1. The number of rotatable bonds is 16. The van der Waals surface area contributed by atoms with Crippen LogP contribution in [-0.2, 0) is 27.3 Å². The van der Waals surface area contributed by atoms with Crippen LogP contribution in [-0.4, -0.2) is 56.8 Å². The van der Waals surface area contributed by atoms with E-state index in [2.05, 4.69) is 25.9 Å². The fraction of sp³-hybridized carbons (Fsp3) is 0.400. The molecule has 5 atom stereocenters. The van der Waals surface area contributed by atoms with Crippen LogP contribution in [0.4, 0.5) is 4.79 Å². The highest BCUT2D eigenvalue weighted by molar-refractivity contribution is 5.89. The fourth-order valence-electron chi connectivity index (χ4n) is 5.65. The number of aromatic nitrogens is 2. The zero-order valence-corrected chi connectivity index (χ0v) is 29.7. The van der Waals surface area contributed by atoms with Gasteiger partial charge in [-0.15, -0.1) is 0 Å². The topological polar surface area (TPSA) is 145 Å². The van der Waals surface area contributed by atoms with Crippen LogP contribution < -0.4 is 16.0 Å². The minimum atomic E-state index is -1.10. The predicted octanol–water partition coefficient (Wildman–Crippen LogP) is 6.32. The Hall–Kier alpha value is -4.96. The molecule has 0 fully saturated rings. The summed E-state index contributed by atoms with van der Waals surface area (Å²) in [6.45, 7) is 9.39. The molecule has 5 N–H and O–H groups in total. The van der Waals surface area contributed by atoms with Crippen molar-refractivity contribution in [2.75, 3.05) is 0 Å². The lowest BCUT2D eigenvalue weighted by Crippen LogP contribution is -2.52. The number of aliphatic hydroxyl groups is 1. The van der Waals surface area contributed by atoms with Crippen molar-refractivity contribution in [3.8, 4) is 0 Å². The summed E-state index contributed by atoms with van der Waals surface area (Å²) in [6.07, 6.45) is 3.40. The van der Waals surface area contributed by atoms with Gasteiger partial charge in [-0.25, -0.2) is 9.78 Å². The van der Waals surface area contributed by atoms with Crippen molar-refractivity contribution in [1.82, 2.24) is 25.9 Å². The molecule has 0 unspecified atom stereocenters. The SMILES string of the molecule is CC[C@H](C)[C@H](NC(=O)[C@H](C/C=C\c1ccccc1)C[C@H](O)[C@H](Cc1ccccc1)NC(=O)OC(C)(C)C)C(=O)NCc1nc2ccccc2[nH]1. The van der Waals surface area contributed by atoms with Crippen LogP contribution in [0, 0.1) is 11.8 Å². The number of aromatic amines is 1. The first kappa shape index (κ1) is 37.9. The molecular weight excluding hydrogens is 630 g/mol. The molecule has 3 aromatic carbocycles. The summed E-state index contributed by atoms with van der Waals surface area (Å²) in [6, 6.07) is 25.3. The van der Waals surface area contributed by atoms with E-state index in [0.717, 1.165) is 22.2 Å². The standard InChI is InChI=1S/C40H51N5O5/c1-6-27(2)36(38(48)41-26-35-42-31-22-13-14-23-32(31)43-35)45-37(47)30(21-15-20-28-16-9-7-10-17-28)25-34(46)33(24-29-18-11-8-12-19-29)44-39(49)50-40(3,4)5/h7-20,22-23,27,30,33-34,36,46H,6,21,24-26H2,1-5H3,(H,41,48)(H,42,43)(H,44,49)(H,45,47)/b20-15-/t27-,30+,33-,34-,36-/m0/s1. The maximum absolute atomic E-state index is 14.1. The van der Waals surface area contributed by atoms with Crippen LogP contribution in [0.3, 0.4) is 0 Å². The summed E-state index contributed by atoms with van der Waals surface area (Å²) in [7, 11) is 0. The molecule has 0 aliphatic carbocycles. The number of nitrogens with one attached hydrogen (secondary N) is 4. The van der Waals surface area contributed by atoms with E-state index in [4.69, 9.17) is 4.74 Å². The predicted molar refractivity (Wildman–Crippen MR) is 197 cm³/mol.